The van der Waals surface area contributed by atoms with Gasteiger partial charge >= 0.3 is 6.03 Å². The van der Waals surface area contributed by atoms with Gasteiger partial charge < -0.3 is 4.90 Å². The molecule has 30 heavy (non-hydrogen) atoms. The van der Waals surface area contributed by atoms with Gasteiger partial charge in [-0.25, -0.2) is 14.6 Å². The molecule has 0 radical (unpaired) electrons. The molecule has 2 atom stereocenters. The maximum Gasteiger partial charge on any atom is 0.336 e. The maximum atomic E-state index is 13.5. The number of carbonyl (C=O) groups is 1. The Morgan fingerprint density at radius 2 is 2.10 bits per heavy atom. The molecule has 2 heterocycles. The van der Waals surface area contributed by atoms with Crippen molar-refractivity contribution in [1.29, 1.82) is 0 Å². The molecule has 0 bridgehead atoms. The van der Waals surface area contributed by atoms with Crippen LogP contribution in [0.3, 0.4) is 0 Å². The van der Waals surface area contributed by atoms with Gasteiger partial charge in [-0.1, -0.05) is 19.1 Å². The van der Waals surface area contributed by atoms with Crippen molar-refractivity contribution in [1.82, 2.24) is 14.5 Å². The summed E-state index contributed by atoms with van der Waals surface area (Å²) < 4.78 is 15.3. The Kier molecular flexibility index (Phi) is 6.14. The number of aromatic nitrogens is 1. The number of piperidine rings is 1. The summed E-state index contributed by atoms with van der Waals surface area (Å²) >= 11 is 0. The number of nitrogens with one attached hydrogen (secondary N) is 1. The van der Waals surface area contributed by atoms with Crippen LogP contribution in [0.1, 0.15) is 62.8 Å². The molecule has 0 unspecified atom stereocenters. The van der Waals surface area contributed by atoms with Crippen LogP contribution in [0.15, 0.2) is 24.5 Å². The molecule has 162 valence electrons. The highest BCUT2D eigenvalue weighted by Crippen LogP contribution is 2.45. The molecule has 1 aliphatic heterocycles. The highest BCUT2D eigenvalue weighted by Gasteiger charge is 2.39. The van der Waals surface area contributed by atoms with Crippen LogP contribution in [0.4, 0.5) is 9.18 Å². The summed E-state index contributed by atoms with van der Waals surface area (Å²) in [7, 11) is 0. The zero-order valence-corrected chi connectivity index (χ0v) is 18.3. The molecular weight excluding hydrogens is 379 g/mol. The lowest BCUT2D eigenvalue weighted by atomic mass is 9.74. The Labute approximate surface area is 178 Å². The molecule has 1 aromatic heterocycles. The zero-order valence-electron chi connectivity index (χ0n) is 18.3. The Balaban J connectivity index is 1.84. The first-order chi connectivity index (χ1) is 14.6. The predicted molar refractivity (Wildman–Crippen MR) is 121 cm³/mol. The van der Waals surface area contributed by atoms with Crippen molar-refractivity contribution in [3.63, 3.8) is 0 Å². The van der Waals surface area contributed by atoms with Crippen molar-refractivity contribution in [2.24, 2.45) is 0 Å². The van der Waals surface area contributed by atoms with E-state index in [1.807, 2.05) is 19.9 Å². The van der Waals surface area contributed by atoms with E-state index in [2.05, 4.69) is 29.4 Å². The van der Waals surface area contributed by atoms with Crippen LogP contribution < -0.4 is 5.43 Å². The average Bonchev–Trinajstić information content (AvgIpc) is 3.04. The van der Waals surface area contributed by atoms with E-state index in [4.69, 9.17) is 0 Å². The van der Waals surface area contributed by atoms with Gasteiger partial charge in [0.1, 0.15) is 0 Å². The van der Waals surface area contributed by atoms with E-state index in [0.29, 0.717) is 31.4 Å². The van der Waals surface area contributed by atoms with E-state index in [0.717, 1.165) is 42.7 Å². The summed E-state index contributed by atoms with van der Waals surface area (Å²) in [6.45, 7) is 9.64. The second-order valence-electron chi connectivity index (χ2n) is 8.38. The van der Waals surface area contributed by atoms with Gasteiger partial charge in [0.2, 0.25) is 0 Å². The number of halogens is 1. The van der Waals surface area contributed by atoms with E-state index in [1.54, 1.807) is 9.58 Å². The number of benzene rings is 1. The first-order valence-corrected chi connectivity index (χ1v) is 11.4. The Bertz CT molecular complexity index is 944. The summed E-state index contributed by atoms with van der Waals surface area (Å²) in [5.41, 5.74) is 7.25. The molecule has 4 rings (SSSR count). The largest absolute Gasteiger partial charge is 0.336 e. The normalized spacial score (nSPS) is 21.2. The first-order valence-electron chi connectivity index (χ1n) is 11.4. The molecule has 1 fully saturated rings. The molecule has 0 spiro atoms. The lowest BCUT2D eigenvalue weighted by molar-refractivity contribution is 0.124. The van der Waals surface area contributed by atoms with E-state index < -0.39 is 0 Å². The van der Waals surface area contributed by atoms with Crippen LogP contribution in [0.25, 0.3) is 17.0 Å². The maximum absolute atomic E-state index is 13.5. The third-order valence-corrected chi connectivity index (χ3v) is 6.86. The molecule has 2 aromatic rings. The van der Waals surface area contributed by atoms with Crippen molar-refractivity contribution in [2.45, 2.75) is 58.4 Å². The number of amides is 2. The third kappa shape index (κ3) is 3.41. The monoisotopic (exact) mass is 412 g/mol. The SMILES string of the molecule is CCCN1CCC[C@@H]2c3cccc4c3c(c(/C=C/F)n4NC(=O)N(CC)CC)C[C@H]21. The molecule has 5 nitrogen and oxygen atoms in total. The molecule has 2 amide bonds. The van der Waals surface area contributed by atoms with Crippen LogP contribution >= 0.6 is 0 Å². The third-order valence-electron chi connectivity index (χ3n) is 6.86. The van der Waals surface area contributed by atoms with Crippen LogP contribution in [0.5, 0.6) is 0 Å². The second kappa shape index (κ2) is 8.80. The fourth-order valence-corrected chi connectivity index (χ4v) is 5.55. The van der Waals surface area contributed by atoms with Gasteiger partial charge in [-0.05, 0) is 75.9 Å². The number of nitrogens with zero attached hydrogens (tertiary/aromatic N) is 3. The quantitative estimate of drug-likeness (QED) is 0.717. The number of carbonyl (C=O) groups excluding carboxylic acids is 1. The van der Waals surface area contributed by atoms with Crippen LogP contribution in [0, 0.1) is 0 Å². The van der Waals surface area contributed by atoms with E-state index >= 15 is 0 Å². The van der Waals surface area contributed by atoms with Gasteiger partial charge in [0.05, 0.1) is 17.5 Å². The molecule has 0 saturated carbocycles. The van der Waals surface area contributed by atoms with Crippen molar-refractivity contribution in [3.05, 3.63) is 41.3 Å². The van der Waals surface area contributed by atoms with Crippen molar-refractivity contribution < 1.29 is 9.18 Å². The van der Waals surface area contributed by atoms with Gasteiger partial charge in [0, 0.05) is 30.4 Å². The smallest absolute Gasteiger partial charge is 0.324 e. The first kappa shape index (κ1) is 20.9. The minimum Gasteiger partial charge on any atom is -0.324 e. The van der Waals surface area contributed by atoms with Gasteiger partial charge in [0.15, 0.2) is 0 Å². The number of hydrogen-bond acceptors (Lipinski definition) is 2. The van der Waals surface area contributed by atoms with E-state index in [9.17, 15) is 9.18 Å². The predicted octanol–water partition coefficient (Wildman–Crippen LogP) is 5.10. The average molecular weight is 413 g/mol. The summed E-state index contributed by atoms with van der Waals surface area (Å²) in [5.74, 6) is 0.498. The number of hydrogen-bond donors (Lipinski definition) is 1. The number of likely N-dealkylation sites (tertiary alicyclic amines) is 1. The lowest BCUT2D eigenvalue weighted by Gasteiger charge is -2.44. The van der Waals surface area contributed by atoms with Crippen LogP contribution in [-0.2, 0) is 6.42 Å². The van der Waals surface area contributed by atoms with Crippen molar-refractivity contribution >= 4 is 23.0 Å². The topological polar surface area (TPSA) is 40.5 Å². The van der Waals surface area contributed by atoms with Crippen molar-refractivity contribution in [2.75, 3.05) is 31.6 Å². The highest BCUT2D eigenvalue weighted by molar-refractivity contribution is 5.95. The Hall–Kier alpha value is -2.34. The van der Waals surface area contributed by atoms with E-state index in [1.165, 1.54) is 29.9 Å². The minimum atomic E-state index is -0.161. The standard InChI is InChI=1S/C24H33FN4O/c1-4-14-28-15-8-10-17-18-9-7-11-21-23(18)19(16-22(17)28)20(12-13-25)29(21)26-24(30)27(5-2)6-3/h7,9,11-13,17,22H,4-6,8,10,14-16H2,1-3H3,(H,26,30)/b13-12+/t17-,22-/m1/s1. The number of rotatable bonds is 6. The fourth-order valence-electron chi connectivity index (χ4n) is 5.55. The highest BCUT2D eigenvalue weighted by atomic mass is 19.1. The fraction of sp³-hybridized carbons (Fsp3) is 0.542. The summed E-state index contributed by atoms with van der Waals surface area (Å²) in [6, 6.07) is 6.63. The van der Waals surface area contributed by atoms with Gasteiger partial charge in [-0.15, -0.1) is 0 Å². The summed E-state index contributed by atoms with van der Waals surface area (Å²) in [5, 5.41) is 1.20. The Morgan fingerprint density at radius 3 is 2.80 bits per heavy atom. The summed E-state index contributed by atoms with van der Waals surface area (Å²) in [4.78, 5) is 17.2. The van der Waals surface area contributed by atoms with E-state index in [-0.39, 0.29) is 6.03 Å². The number of urea groups is 1. The molecule has 6 heteroatoms. The molecule has 2 aliphatic rings. The van der Waals surface area contributed by atoms with Crippen molar-refractivity contribution in [3.8, 4) is 0 Å². The number of fused-ring (bicyclic) bond motifs is 2. The molecule has 1 saturated heterocycles. The van der Waals surface area contributed by atoms with Crippen LogP contribution in [-0.4, -0.2) is 52.7 Å². The van der Waals surface area contributed by atoms with Crippen LogP contribution in [0.2, 0.25) is 0 Å². The Morgan fingerprint density at radius 1 is 1.30 bits per heavy atom. The molecule has 1 N–H and O–H groups in total. The zero-order chi connectivity index (χ0) is 21.3. The molecule has 1 aromatic carbocycles. The lowest BCUT2D eigenvalue weighted by Crippen LogP contribution is -2.47. The van der Waals surface area contributed by atoms with Gasteiger partial charge in [-0.3, -0.25) is 9.58 Å². The second-order valence-corrected chi connectivity index (χ2v) is 8.38. The molecular formula is C24H33FN4O. The van der Waals surface area contributed by atoms with Gasteiger partial charge in [0.25, 0.3) is 0 Å². The summed E-state index contributed by atoms with van der Waals surface area (Å²) in [6.07, 6.45) is 6.51. The molecule has 1 aliphatic carbocycles. The van der Waals surface area contributed by atoms with Gasteiger partial charge in [-0.2, -0.15) is 0 Å². The minimum absolute atomic E-state index is 0.161.